The van der Waals surface area contributed by atoms with E-state index in [1.54, 1.807) is 10.4 Å². The summed E-state index contributed by atoms with van der Waals surface area (Å²) < 4.78 is 0. The SMILES string of the molecule is CN1CCc2cc(-c3ccccc3)sc2C1. The summed E-state index contributed by atoms with van der Waals surface area (Å²) in [6.45, 7) is 2.31. The van der Waals surface area contributed by atoms with E-state index in [4.69, 9.17) is 0 Å². The first-order chi connectivity index (χ1) is 7.83. The molecule has 0 fully saturated rings. The number of likely N-dealkylation sites (N-methyl/N-ethyl adjacent to an activating group) is 1. The lowest BCUT2D eigenvalue weighted by atomic mass is 10.1. The Hall–Kier alpha value is -1.12. The van der Waals surface area contributed by atoms with Crippen LogP contribution in [0.5, 0.6) is 0 Å². The van der Waals surface area contributed by atoms with E-state index >= 15 is 0 Å². The van der Waals surface area contributed by atoms with E-state index in [9.17, 15) is 0 Å². The van der Waals surface area contributed by atoms with Crippen LogP contribution in [0.1, 0.15) is 10.4 Å². The molecule has 0 saturated heterocycles. The van der Waals surface area contributed by atoms with Crippen molar-refractivity contribution < 1.29 is 0 Å². The van der Waals surface area contributed by atoms with E-state index in [1.165, 1.54) is 23.4 Å². The van der Waals surface area contributed by atoms with Crippen molar-refractivity contribution in [3.8, 4) is 10.4 Å². The van der Waals surface area contributed by atoms with Gasteiger partial charge in [0.1, 0.15) is 0 Å². The minimum atomic E-state index is 1.12. The van der Waals surface area contributed by atoms with Crippen LogP contribution in [0.25, 0.3) is 10.4 Å². The van der Waals surface area contributed by atoms with Gasteiger partial charge in [0, 0.05) is 22.8 Å². The van der Waals surface area contributed by atoms with E-state index < -0.39 is 0 Å². The first-order valence-electron chi connectivity index (χ1n) is 5.68. The molecule has 0 N–H and O–H groups in total. The molecule has 0 saturated carbocycles. The van der Waals surface area contributed by atoms with Gasteiger partial charge in [0.2, 0.25) is 0 Å². The summed E-state index contributed by atoms with van der Waals surface area (Å²) in [7, 11) is 2.20. The van der Waals surface area contributed by atoms with Gasteiger partial charge in [0.25, 0.3) is 0 Å². The molecule has 3 rings (SSSR count). The number of fused-ring (bicyclic) bond motifs is 1. The molecular formula is C14H15NS. The van der Waals surface area contributed by atoms with E-state index in [1.807, 2.05) is 11.3 Å². The second kappa shape index (κ2) is 4.04. The average Bonchev–Trinajstić information content (AvgIpc) is 2.73. The quantitative estimate of drug-likeness (QED) is 0.724. The lowest BCUT2D eigenvalue weighted by Gasteiger charge is -2.21. The van der Waals surface area contributed by atoms with Crippen molar-refractivity contribution in [3.63, 3.8) is 0 Å². The van der Waals surface area contributed by atoms with E-state index in [2.05, 4.69) is 48.3 Å². The summed E-state index contributed by atoms with van der Waals surface area (Å²) in [6, 6.07) is 13.1. The second-order valence-corrected chi connectivity index (χ2v) is 5.55. The molecule has 1 aliphatic heterocycles. The van der Waals surface area contributed by atoms with Crippen LogP contribution in [-0.2, 0) is 13.0 Å². The Bertz CT molecular complexity index is 487. The number of rotatable bonds is 1. The number of nitrogens with zero attached hydrogens (tertiary/aromatic N) is 1. The van der Waals surface area contributed by atoms with Gasteiger partial charge < -0.3 is 4.90 Å². The maximum absolute atomic E-state index is 2.40. The summed E-state index contributed by atoms with van der Waals surface area (Å²) in [4.78, 5) is 5.36. The van der Waals surface area contributed by atoms with E-state index in [-0.39, 0.29) is 0 Å². The van der Waals surface area contributed by atoms with Crippen LogP contribution < -0.4 is 0 Å². The lowest BCUT2D eigenvalue weighted by molar-refractivity contribution is 0.317. The van der Waals surface area contributed by atoms with Gasteiger partial charge in [-0.1, -0.05) is 30.3 Å². The van der Waals surface area contributed by atoms with Crippen molar-refractivity contribution in [2.75, 3.05) is 13.6 Å². The fourth-order valence-electron chi connectivity index (χ4n) is 2.19. The predicted molar refractivity (Wildman–Crippen MR) is 69.8 cm³/mol. The maximum atomic E-state index is 2.40. The highest BCUT2D eigenvalue weighted by Crippen LogP contribution is 2.34. The van der Waals surface area contributed by atoms with Gasteiger partial charge in [-0.2, -0.15) is 0 Å². The Kier molecular flexibility index (Phi) is 2.54. The Morgan fingerprint density at radius 1 is 1.19 bits per heavy atom. The van der Waals surface area contributed by atoms with Gasteiger partial charge >= 0.3 is 0 Å². The van der Waals surface area contributed by atoms with E-state index in [0.29, 0.717) is 0 Å². The number of hydrogen-bond donors (Lipinski definition) is 0. The number of thiophene rings is 1. The van der Waals surface area contributed by atoms with Crippen LogP contribution in [0.2, 0.25) is 0 Å². The Morgan fingerprint density at radius 3 is 2.81 bits per heavy atom. The molecule has 2 aromatic rings. The summed E-state index contributed by atoms with van der Waals surface area (Å²) >= 11 is 1.95. The van der Waals surface area contributed by atoms with Crippen molar-refractivity contribution in [1.29, 1.82) is 0 Å². The Morgan fingerprint density at radius 2 is 2.00 bits per heavy atom. The summed E-state index contributed by atoms with van der Waals surface area (Å²) in [5.41, 5.74) is 2.91. The van der Waals surface area contributed by atoms with Crippen LogP contribution in [0, 0.1) is 0 Å². The molecule has 0 radical (unpaired) electrons. The first-order valence-corrected chi connectivity index (χ1v) is 6.50. The highest BCUT2D eigenvalue weighted by molar-refractivity contribution is 7.15. The molecule has 1 aromatic heterocycles. The van der Waals surface area contributed by atoms with Crippen molar-refractivity contribution in [2.24, 2.45) is 0 Å². The molecule has 1 nitrogen and oxygen atoms in total. The Labute approximate surface area is 100 Å². The minimum Gasteiger partial charge on any atom is -0.301 e. The molecule has 0 bridgehead atoms. The highest BCUT2D eigenvalue weighted by atomic mass is 32.1. The number of benzene rings is 1. The smallest absolute Gasteiger partial charge is 0.0349 e. The summed E-state index contributed by atoms with van der Waals surface area (Å²) in [6.07, 6.45) is 1.20. The summed E-state index contributed by atoms with van der Waals surface area (Å²) in [5.74, 6) is 0. The molecule has 0 amide bonds. The molecule has 1 aliphatic rings. The van der Waals surface area contributed by atoms with Gasteiger partial charge in [-0.15, -0.1) is 11.3 Å². The molecule has 0 unspecified atom stereocenters. The first kappa shape index (κ1) is 10.1. The van der Waals surface area contributed by atoms with Crippen LogP contribution in [0.3, 0.4) is 0 Å². The van der Waals surface area contributed by atoms with Gasteiger partial charge in [-0.25, -0.2) is 0 Å². The lowest BCUT2D eigenvalue weighted by Crippen LogP contribution is -2.24. The number of hydrogen-bond acceptors (Lipinski definition) is 2. The van der Waals surface area contributed by atoms with Gasteiger partial charge in [0.05, 0.1) is 0 Å². The maximum Gasteiger partial charge on any atom is 0.0349 e. The molecule has 82 valence electrons. The van der Waals surface area contributed by atoms with Gasteiger partial charge in [0.15, 0.2) is 0 Å². The van der Waals surface area contributed by atoms with Crippen LogP contribution >= 0.6 is 11.3 Å². The van der Waals surface area contributed by atoms with E-state index in [0.717, 1.165) is 6.54 Å². The van der Waals surface area contributed by atoms with Crippen molar-refractivity contribution in [1.82, 2.24) is 4.90 Å². The molecular weight excluding hydrogens is 214 g/mol. The standard InChI is InChI=1S/C14H15NS/c1-15-8-7-12-9-13(16-14(12)10-15)11-5-3-2-4-6-11/h2-6,9H,7-8,10H2,1H3. The highest BCUT2D eigenvalue weighted by Gasteiger charge is 2.16. The third-order valence-electron chi connectivity index (χ3n) is 3.13. The van der Waals surface area contributed by atoms with Crippen LogP contribution in [-0.4, -0.2) is 18.5 Å². The molecule has 1 aromatic carbocycles. The molecule has 0 spiro atoms. The summed E-state index contributed by atoms with van der Waals surface area (Å²) in [5, 5.41) is 0. The average molecular weight is 229 g/mol. The monoisotopic (exact) mass is 229 g/mol. The molecule has 2 heteroatoms. The van der Waals surface area contributed by atoms with Crippen molar-refractivity contribution in [3.05, 3.63) is 46.8 Å². The zero-order valence-corrected chi connectivity index (χ0v) is 10.3. The Balaban J connectivity index is 1.99. The molecule has 0 aliphatic carbocycles. The topological polar surface area (TPSA) is 3.24 Å². The van der Waals surface area contributed by atoms with Crippen molar-refractivity contribution in [2.45, 2.75) is 13.0 Å². The molecule has 2 heterocycles. The van der Waals surface area contributed by atoms with Crippen LogP contribution in [0.4, 0.5) is 0 Å². The predicted octanol–water partition coefficient (Wildman–Crippen LogP) is 3.40. The third-order valence-corrected chi connectivity index (χ3v) is 4.34. The molecule has 16 heavy (non-hydrogen) atoms. The molecule has 0 atom stereocenters. The zero-order valence-electron chi connectivity index (χ0n) is 9.44. The van der Waals surface area contributed by atoms with Crippen LogP contribution in [0.15, 0.2) is 36.4 Å². The van der Waals surface area contributed by atoms with Crippen molar-refractivity contribution >= 4 is 11.3 Å². The normalized spacial score (nSPS) is 16.1. The largest absolute Gasteiger partial charge is 0.301 e. The second-order valence-electron chi connectivity index (χ2n) is 4.41. The van der Waals surface area contributed by atoms with Gasteiger partial charge in [-0.3, -0.25) is 0 Å². The third kappa shape index (κ3) is 1.79. The fraction of sp³-hybridized carbons (Fsp3) is 0.286. The van der Waals surface area contributed by atoms with Gasteiger partial charge in [-0.05, 0) is 30.7 Å². The zero-order chi connectivity index (χ0) is 11.0. The minimum absolute atomic E-state index is 1.12. The fourth-order valence-corrected chi connectivity index (χ4v) is 3.49.